The third-order valence-electron chi connectivity index (χ3n) is 3.68. The van der Waals surface area contributed by atoms with E-state index >= 15 is 0 Å². The molecule has 2 N–H and O–H groups in total. The summed E-state index contributed by atoms with van der Waals surface area (Å²) in [5.41, 5.74) is 0. The van der Waals surface area contributed by atoms with Gasteiger partial charge in [-0.3, -0.25) is 0 Å². The van der Waals surface area contributed by atoms with Crippen molar-refractivity contribution in [2.75, 3.05) is 32.7 Å². The van der Waals surface area contributed by atoms with Crippen LogP contribution in [-0.2, 0) is 4.79 Å². The zero-order valence-electron chi connectivity index (χ0n) is 14.1. The van der Waals surface area contributed by atoms with E-state index in [4.69, 9.17) is 5.11 Å². The van der Waals surface area contributed by atoms with Gasteiger partial charge in [-0.15, -0.1) is 0 Å². The molecule has 124 valence electrons. The van der Waals surface area contributed by atoms with Gasteiger partial charge in [0.25, 0.3) is 0 Å². The summed E-state index contributed by atoms with van der Waals surface area (Å²) in [5, 5.41) is 11.7. The Balaban J connectivity index is 4.38. The largest absolute Gasteiger partial charge is 0.480 e. The highest BCUT2D eigenvalue weighted by atomic mass is 16.4. The van der Waals surface area contributed by atoms with Crippen LogP contribution in [0.4, 0.5) is 4.79 Å². The second-order valence-corrected chi connectivity index (χ2v) is 5.47. The molecule has 0 bridgehead atoms. The number of nitrogens with zero attached hydrogens (tertiary/aromatic N) is 2. The number of carbonyl (C=O) groups excluding carboxylic acids is 1. The van der Waals surface area contributed by atoms with Crippen molar-refractivity contribution in [1.29, 1.82) is 0 Å². The quantitative estimate of drug-likeness (QED) is 0.646. The van der Waals surface area contributed by atoms with Crippen LogP contribution >= 0.6 is 0 Å². The SMILES string of the molecule is CCN(CC)CCCN(CC)C(=O)N[C@H](C(=O)O)C(C)C. The van der Waals surface area contributed by atoms with Gasteiger partial charge in [-0.25, -0.2) is 9.59 Å². The van der Waals surface area contributed by atoms with E-state index in [-0.39, 0.29) is 11.9 Å². The van der Waals surface area contributed by atoms with Gasteiger partial charge >= 0.3 is 12.0 Å². The molecular formula is C15H31N3O3. The first-order valence-electron chi connectivity index (χ1n) is 7.87. The summed E-state index contributed by atoms with van der Waals surface area (Å²) in [6.45, 7) is 13.9. The first-order valence-corrected chi connectivity index (χ1v) is 7.87. The van der Waals surface area contributed by atoms with Gasteiger partial charge in [0, 0.05) is 13.1 Å². The topological polar surface area (TPSA) is 72.9 Å². The predicted octanol–water partition coefficient (Wildman–Crippen LogP) is 1.86. The molecule has 0 aromatic heterocycles. The van der Waals surface area contributed by atoms with E-state index in [1.165, 1.54) is 0 Å². The Labute approximate surface area is 128 Å². The number of nitrogens with one attached hydrogen (secondary N) is 1. The molecule has 6 nitrogen and oxygen atoms in total. The minimum absolute atomic E-state index is 0.138. The average molecular weight is 301 g/mol. The van der Waals surface area contributed by atoms with Crippen molar-refractivity contribution < 1.29 is 14.7 Å². The van der Waals surface area contributed by atoms with Crippen molar-refractivity contribution in [3.05, 3.63) is 0 Å². The van der Waals surface area contributed by atoms with Gasteiger partial charge in [0.15, 0.2) is 0 Å². The number of amides is 2. The lowest BCUT2D eigenvalue weighted by Crippen LogP contribution is -2.50. The second kappa shape index (κ2) is 10.4. The van der Waals surface area contributed by atoms with Crippen LogP contribution in [0.1, 0.15) is 41.0 Å². The van der Waals surface area contributed by atoms with E-state index in [0.717, 1.165) is 26.1 Å². The number of aliphatic carboxylic acids is 1. The summed E-state index contributed by atoms with van der Waals surface area (Å²) < 4.78 is 0. The van der Waals surface area contributed by atoms with Crippen molar-refractivity contribution in [1.82, 2.24) is 15.1 Å². The maximum absolute atomic E-state index is 12.1. The van der Waals surface area contributed by atoms with Crippen LogP contribution in [0.2, 0.25) is 0 Å². The van der Waals surface area contributed by atoms with Gasteiger partial charge in [0.2, 0.25) is 0 Å². The molecule has 0 rings (SSSR count). The molecule has 0 spiro atoms. The molecule has 0 aromatic rings. The Bertz CT molecular complexity index is 317. The molecule has 0 saturated heterocycles. The Morgan fingerprint density at radius 2 is 1.62 bits per heavy atom. The highest BCUT2D eigenvalue weighted by Crippen LogP contribution is 2.04. The molecule has 21 heavy (non-hydrogen) atoms. The van der Waals surface area contributed by atoms with Gasteiger partial charge in [-0.1, -0.05) is 27.7 Å². The van der Waals surface area contributed by atoms with Crippen LogP contribution in [0.15, 0.2) is 0 Å². The smallest absolute Gasteiger partial charge is 0.326 e. The van der Waals surface area contributed by atoms with Crippen molar-refractivity contribution >= 4 is 12.0 Å². The third-order valence-corrected chi connectivity index (χ3v) is 3.68. The first-order chi connectivity index (χ1) is 9.87. The molecule has 0 saturated carbocycles. The van der Waals surface area contributed by atoms with Gasteiger partial charge in [-0.2, -0.15) is 0 Å². The van der Waals surface area contributed by atoms with Crippen molar-refractivity contribution in [3.63, 3.8) is 0 Å². The first kappa shape index (κ1) is 19.7. The summed E-state index contributed by atoms with van der Waals surface area (Å²) in [6.07, 6.45) is 0.891. The van der Waals surface area contributed by atoms with E-state index in [1.807, 2.05) is 6.92 Å². The summed E-state index contributed by atoms with van der Waals surface area (Å²) in [4.78, 5) is 27.2. The number of hydrogen-bond acceptors (Lipinski definition) is 3. The van der Waals surface area contributed by atoms with Crippen LogP contribution in [0, 0.1) is 5.92 Å². The number of rotatable bonds is 10. The molecule has 6 heteroatoms. The fourth-order valence-electron chi connectivity index (χ4n) is 2.17. The van der Waals surface area contributed by atoms with Crippen LogP contribution in [0.3, 0.4) is 0 Å². The molecule has 0 aliphatic carbocycles. The fraction of sp³-hybridized carbons (Fsp3) is 0.867. The number of urea groups is 1. The summed E-state index contributed by atoms with van der Waals surface area (Å²) in [5.74, 6) is -1.13. The van der Waals surface area contributed by atoms with Crippen LogP contribution in [0.5, 0.6) is 0 Å². The van der Waals surface area contributed by atoms with Gasteiger partial charge < -0.3 is 20.2 Å². The second-order valence-electron chi connectivity index (χ2n) is 5.47. The highest BCUT2D eigenvalue weighted by molar-refractivity contribution is 5.82. The van der Waals surface area contributed by atoms with Crippen molar-refractivity contribution in [2.45, 2.75) is 47.1 Å². The third kappa shape index (κ3) is 7.32. The van der Waals surface area contributed by atoms with Crippen LogP contribution in [0.25, 0.3) is 0 Å². The molecule has 0 heterocycles. The summed E-state index contributed by atoms with van der Waals surface area (Å²) in [6, 6.07) is -1.13. The average Bonchev–Trinajstić information content (AvgIpc) is 2.44. The Morgan fingerprint density at radius 1 is 1.05 bits per heavy atom. The van der Waals surface area contributed by atoms with E-state index in [2.05, 4.69) is 24.1 Å². The fourth-order valence-corrected chi connectivity index (χ4v) is 2.17. The van der Waals surface area contributed by atoms with Crippen LogP contribution < -0.4 is 5.32 Å². The molecule has 0 aliphatic heterocycles. The standard InChI is InChI=1S/C15H31N3O3/c1-6-17(7-2)10-9-11-18(8-3)15(21)16-13(12(4)5)14(19)20/h12-13H,6-11H2,1-5H3,(H,16,21)(H,19,20)/t13-/m0/s1. The number of hydrogen-bond donors (Lipinski definition) is 2. The van der Waals surface area contributed by atoms with Crippen LogP contribution in [-0.4, -0.2) is 65.7 Å². The molecule has 0 aromatic carbocycles. The molecular weight excluding hydrogens is 270 g/mol. The van der Waals surface area contributed by atoms with E-state index in [9.17, 15) is 9.59 Å². The number of carboxylic acids is 1. The number of carbonyl (C=O) groups is 2. The van der Waals surface area contributed by atoms with Crippen molar-refractivity contribution in [3.8, 4) is 0 Å². The molecule has 0 unspecified atom stereocenters. The predicted molar refractivity (Wildman–Crippen MR) is 84.4 cm³/mol. The van der Waals surface area contributed by atoms with Gasteiger partial charge in [0.05, 0.1) is 0 Å². The van der Waals surface area contributed by atoms with Crippen molar-refractivity contribution in [2.24, 2.45) is 5.92 Å². The van der Waals surface area contributed by atoms with Gasteiger partial charge in [-0.05, 0) is 38.9 Å². The maximum atomic E-state index is 12.1. The normalized spacial score (nSPS) is 12.5. The lowest BCUT2D eigenvalue weighted by molar-refractivity contribution is -0.140. The molecule has 0 aliphatic rings. The van der Waals surface area contributed by atoms with Gasteiger partial charge in [0.1, 0.15) is 6.04 Å². The Hall–Kier alpha value is -1.30. The highest BCUT2D eigenvalue weighted by Gasteiger charge is 2.25. The Kier molecular flexibility index (Phi) is 9.78. The minimum atomic E-state index is -0.988. The zero-order valence-corrected chi connectivity index (χ0v) is 14.1. The maximum Gasteiger partial charge on any atom is 0.326 e. The molecule has 0 fully saturated rings. The van der Waals surface area contributed by atoms with E-state index < -0.39 is 12.0 Å². The van der Waals surface area contributed by atoms with E-state index in [1.54, 1.807) is 18.7 Å². The number of carboxylic acid groups (broad SMARTS) is 1. The molecule has 0 radical (unpaired) electrons. The monoisotopic (exact) mass is 301 g/mol. The Morgan fingerprint density at radius 3 is 2.00 bits per heavy atom. The summed E-state index contributed by atoms with van der Waals surface area (Å²) in [7, 11) is 0. The lowest BCUT2D eigenvalue weighted by atomic mass is 10.1. The lowest BCUT2D eigenvalue weighted by Gasteiger charge is -2.26. The summed E-state index contributed by atoms with van der Waals surface area (Å²) >= 11 is 0. The molecule has 2 amide bonds. The van der Waals surface area contributed by atoms with E-state index in [0.29, 0.717) is 13.1 Å². The zero-order chi connectivity index (χ0) is 16.4. The molecule has 1 atom stereocenters. The minimum Gasteiger partial charge on any atom is -0.480 e.